The highest BCUT2D eigenvalue weighted by Gasteiger charge is 2.30. The minimum Gasteiger partial charge on any atom is -0.479 e. The first-order valence-electron chi connectivity index (χ1n) is 6.07. The SMILES string of the molecule is CC(C)(C)OCC(=O)NCC1CCC(C(=O)O)O1. The number of hydrogen-bond donors (Lipinski definition) is 2. The van der Waals surface area contributed by atoms with E-state index in [0.717, 1.165) is 0 Å². The van der Waals surface area contributed by atoms with Crippen molar-refractivity contribution >= 4 is 11.9 Å². The number of carboxylic acid groups (broad SMARTS) is 1. The van der Waals surface area contributed by atoms with Gasteiger partial charge in [0.1, 0.15) is 6.61 Å². The van der Waals surface area contributed by atoms with Gasteiger partial charge in [0.05, 0.1) is 11.7 Å². The fourth-order valence-electron chi connectivity index (χ4n) is 1.60. The Kier molecular flexibility index (Phi) is 5.10. The van der Waals surface area contributed by atoms with Gasteiger partial charge in [-0.3, -0.25) is 4.79 Å². The van der Waals surface area contributed by atoms with Crippen LogP contribution in [0.15, 0.2) is 0 Å². The average molecular weight is 259 g/mol. The summed E-state index contributed by atoms with van der Waals surface area (Å²) >= 11 is 0. The fraction of sp³-hybridized carbons (Fsp3) is 0.833. The van der Waals surface area contributed by atoms with Crippen molar-refractivity contribution in [1.82, 2.24) is 5.32 Å². The van der Waals surface area contributed by atoms with Crippen LogP contribution in [0.2, 0.25) is 0 Å². The average Bonchev–Trinajstić information content (AvgIpc) is 2.71. The van der Waals surface area contributed by atoms with Crippen molar-refractivity contribution in [2.45, 2.75) is 51.4 Å². The van der Waals surface area contributed by atoms with E-state index in [-0.39, 0.29) is 24.2 Å². The van der Waals surface area contributed by atoms with Gasteiger partial charge in [-0.25, -0.2) is 4.79 Å². The Bertz CT molecular complexity index is 310. The van der Waals surface area contributed by atoms with Crippen molar-refractivity contribution in [1.29, 1.82) is 0 Å². The third-order valence-corrected chi connectivity index (χ3v) is 2.55. The molecule has 1 aliphatic heterocycles. The zero-order valence-electron chi connectivity index (χ0n) is 11.1. The molecule has 1 amide bonds. The van der Waals surface area contributed by atoms with E-state index in [9.17, 15) is 9.59 Å². The molecule has 6 heteroatoms. The highest BCUT2D eigenvalue weighted by Crippen LogP contribution is 2.19. The lowest BCUT2D eigenvalue weighted by Crippen LogP contribution is -2.37. The van der Waals surface area contributed by atoms with E-state index < -0.39 is 12.1 Å². The topological polar surface area (TPSA) is 84.9 Å². The Morgan fingerprint density at radius 2 is 2.06 bits per heavy atom. The molecule has 1 fully saturated rings. The van der Waals surface area contributed by atoms with Crippen LogP contribution < -0.4 is 5.32 Å². The molecular formula is C12H21NO5. The predicted octanol–water partition coefficient (Wildman–Crippen LogP) is 0.550. The van der Waals surface area contributed by atoms with Crippen molar-refractivity contribution in [3.8, 4) is 0 Å². The lowest BCUT2D eigenvalue weighted by Gasteiger charge is -2.19. The van der Waals surface area contributed by atoms with Crippen LogP contribution in [0, 0.1) is 0 Å². The number of ether oxygens (including phenoxy) is 2. The van der Waals surface area contributed by atoms with Gasteiger partial charge in [0.15, 0.2) is 6.10 Å². The summed E-state index contributed by atoms with van der Waals surface area (Å²) in [5.41, 5.74) is -0.352. The summed E-state index contributed by atoms with van der Waals surface area (Å²) in [4.78, 5) is 22.1. The van der Waals surface area contributed by atoms with E-state index in [4.69, 9.17) is 14.6 Å². The van der Waals surface area contributed by atoms with Crippen LogP contribution >= 0.6 is 0 Å². The lowest BCUT2D eigenvalue weighted by molar-refractivity contribution is -0.149. The minimum atomic E-state index is -0.945. The molecule has 0 aromatic heterocycles. The van der Waals surface area contributed by atoms with E-state index in [0.29, 0.717) is 19.4 Å². The van der Waals surface area contributed by atoms with Crippen LogP contribution in [0.5, 0.6) is 0 Å². The molecule has 18 heavy (non-hydrogen) atoms. The molecule has 2 unspecified atom stereocenters. The molecule has 2 N–H and O–H groups in total. The quantitative estimate of drug-likeness (QED) is 0.753. The first-order valence-corrected chi connectivity index (χ1v) is 6.07. The van der Waals surface area contributed by atoms with Gasteiger partial charge in [-0.1, -0.05) is 0 Å². The van der Waals surface area contributed by atoms with Gasteiger partial charge in [0, 0.05) is 6.54 Å². The Morgan fingerprint density at radius 1 is 1.39 bits per heavy atom. The van der Waals surface area contributed by atoms with Gasteiger partial charge in [-0.2, -0.15) is 0 Å². The maximum absolute atomic E-state index is 11.5. The van der Waals surface area contributed by atoms with Gasteiger partial charge in [-0.05, 0) is 33.6 Å². The van der Waals surface area contributed by atoms with Crippen LogP contribution in [0.1, 0.15) is 33.6 Å². The molecule has 6 nitrogen and oxygen atoms in total. The molecular weight excluding hydrogens is 238 g/mol. The molecule has 104 valence electrons. The normalized spacial score (nSPS) is 23.9. The number of aliphatic carboxylic acids is 1. The Morgan fingerprint density at radius 3 is 2.56 bits per heavy atom. The first-order chi connectivity index (χ1) is 8.28. The number of rotatable bonds is 5. The van der Waals surface area contributed by atoms with Gasteiger partial charge < -0.3 is 19.9 Å². The monoisotopic (exact) mass is 259 g/mol. The summed E-state index contributed by atoms with van der Waals surface area (Å²) < 4.78 is 10.6. The first kappa shape index (κ1) is 14.9. The fourth-order valence-corrected chi connectivity index (χ4v) is 1.60. The van der Waals surface area contributed by atoms with Crippen molar-refractivity contribution in [2.24, 2.45) is 0 Å². The number of amides is 1. The van der Waals surface area contributed by atoms with E-state index in [2.05, 4.69) is 5.32 Å². The van der Waals surface area contributed by atoms with Crippen LogP contribution in [-0.2, 0) is 19.1 Å². The summed E-state index contributed by atoms with van der Waals surface area (Å²) in [5, 5.41) is 11.4. The highest BCUT2D eigenvalue weighted by molar-refractivity contribution is 5.77. The molecule has 0 spiro atoms. The lowest BCUT2D eigenvalue weighted by atomic mass is 10.2. The summed E-state index contributed by atoms with van der Waals surface area (Å²) in [7, 11) is 0. The van der Waals surface area contributed by atoms with Crippen molar-refractivity contribution in [3.05, 3.63) is 0 Å². The Hall–Kier alpha value is -1.14. The summed E-state index contributed by atoms with van der Waals surface area (Å²) in [6.07, 6.45) is 0.188. The van der Waals surface area contributed by atoms with Crippen LogP contribution in [0.3, 0.4) is 0 Å². The Labute approximate surface area is 107 Å². The van der Waals surface area contributed by atoms with E-state index in [1.165, 1.54) is 0 Å². The number of carbonyl (C=O) groups is 2. The van der Waals surface area contributed by atoms with Crippen LogP contribution in [0.25, 0.3) is 0 Å². The molecule has 0 aliphatic carbocycles. The van der Waals surface area contributed by atoms with Gasteiger partial charge in [0.25, 0.3) is 0 Å². The van der Waals surface area contributed by atoms with Gasteiger partial charge in [-0.15, -0.1) is 0 Å². The third-order valence-electron chi connectivity index (χ3n) is 2.55. The molecule has 0 aromatic rings. The zero-order valence-corrected chi connectivity index (χ0v) is 11.1. The summed E-state index contributed by atoms with van der Waals surface area (Å²) in [5.74, 6) is -1.16. The molecule has 1 heterocycles. The van der Waals surface area contributed by atoms with Crippen LogP contribution in [0.4, 0.5) is 0 Å². The Balaban J connectivity index is 2.18. The minimum absolute atomic E-state index is 0.00141. The molecule has 1 rings (SSSR count). The maximum Gasteiger partial charge on any atom is 0.332 e. The molecule has 1 saturated heterocycles. The smallest absolute Gasteiger partial charge is 0.332 e. The van der Waals surface area contributed by atoms with Gasteiger partial charge in [0.2, 0.25) is 5.91 Å². The number of carboxylic acids is 1. The molecule has 2 atom stereocenters. The van der Waals surface area contributed by atoms with E-state index >= 15 is 0 Å². The predicted molar refractivity (Wildman–Crippen MR) is 64.2 cm³/mol. The third kappa shape index (κ3) is 5.46. The zero-order chi connectivity index (χ0) is 13.8. The highest BCUT2D eigenvalue weighted by atomic mass is 16.5. The second-order valence-electron chi connectivity index (χ2n) is 5.37. The summed E-state index contributed by atoms with van der Waals surface area (Å²) in [6.45, 7) is 5.95. The van der Waals surface area contributed by atoms with Gasteiger partial charge >= 0.3 is 5.97 Å². The van der Waals surface area contributed by atoms with Crippen molar-refractivity contribution in [3.63, 3.8) is 0 Å². The molecule has 1 aliphatic rings. The molecule has 0 aromatic carbocycles. The van der Waals surface area contributed by atoms with Crippen molar-refractivity contribution < 1.29 is 24.2 Å². The second-order valence-corrected chi connectivity index (χ2v) is 5.37. The van der Waals surface area contributed by atoms with Crippen molar-refractivity contribution in [2.75, 3.05) is 13.2 Å². The number of carbonyl (C=O) groups excluding carboxylic acids is 1. The maximum atomic E-state index is 11.5. The molecule has 0 bridgehead atoms. The van der Waals surface area contributed by atoms with E-state index in [1.54, 1.807) is 0 Å². The number of nitrogens with one attached hydrogen (secondary N) is 1. The summed E-state index contributed by atoms with van der Waals surface area (Å²) in [6, 6.07) is 0. The second kappa shape index (κ2) is 6.15. The molecule has 0 radical (unpaired) electrons. The van der Waals surface area contributed by atoms with E-state index in [1.807, 2.05) is 20.8 Å². The number of hydrogen-bond acceptors (Lipinski definition) is 4. The molecule has 0 saturated carbocycles. The standard InChI is InChI=1S/C12H21NO5/c1-12(2,3)17-7-10(14)13-6-8-4-5-9(18-8)11(15)16/h8-9H,4-7H2,1-3H3,(H,13,14)(H,15,16). The largest absolute Gasteiger partial charge is 0.479 e. The van der Waals surface area contributed by atoms with Crippen LogP contribution in [-0.4, -0.2) is 47.9 Å².